The fourth-order valence-corrected chi connectivity index (χ4v) is 2.09. The van der Waals surface area contributed by atoms with Crippen molar-refractivity contribution in [2.75, 3.05) is 5.32 Å². The first kappa shape index (κ1) is 11.1. The van der Waals surface area contributed by atoms with Crippen molar-refractivity contribution in [2.24, 2.45) is 5.92 Å². The fraction of sp³-hybridized carbons (Fsp3) is 0.500. The van der Waals surface area contributed by atoms with Crippen molar-refractivity contribution in [3.63, 3.8) is 0 Å². The summed E-state index contributed by atoms with van der Waals surface area (Å²) in [6, 6.07) is 3.02. The van der Waals surface area contributed by atoms with Gasteiger partial charge in [0.15, 0.2) is 0 Å². The van der Waals surface area contributed by atoms with E-state index >= 15 is 0 Å². The highest BCUT2D eigenvalue weighted by Crippen LogP contribution is 2.30. The van der Waals surface area contributed by atoms with Crippen LogP contribution in [0.25, 0.3) is 0 Å². The zero-order valence-corrected chi connectivity index (χ0v) is 9.57. The van der Waals surface area contributed by atoms with Crippen LogP contribution >= 0.6 is 11.6 Å². The summed E-state index contributed by atoms with van der Waals surface area (Å²) >= 11 is 5.71. The van der Waals surface area contributed by atoms with E-state index in [0.29, 0.717) is 17.8 Å². The molecule has 0 aromatic carbocycles. The number of aromatic nitrogens is 1. The predicted octanol–water partition coefficient (Wildman–Crippen LogP) is 2.85. The molecule has 0 amide bonds. The van der Waals surface area contributed by atoms with Gasteiger partial charge in [-0.05, 0) is 18.8 Å². The van der Waals surface area contributed by atoms with Gasteiger partial charge in [0, 0.05) is 6.04 Å². The number of nitrogens with zero attached hydrogens (tertiary/aromatic N) is 2. The Bertz CT molecular complexity index is 419. The lowest BCUT2D eigenvalue weighted by Gasteiger charge is -2.33. The van der Waals surface area contributed by atoms with Crippen LogP contribution in [-0.4, -0.2) is 15.9 Å². The highest BCUT2D eigenvalue weighted by molar-refractivity contribution is 6.29. The van der Waals surface area contributed by atoms with Crippen molar-refractivity contribution in [2.45, 2.75) is 25.8 Å². The molecule has 16 heavy (non-hydrogen) atoms. The maximum atomic E-state index is 10.6. The number of halogens is 1. The molecule has 2 rings (SSSR count). The summed E-state index contributed by atoms with van der Waals surface area (Å²) in [7, 11) is 0. The van der Waals surface area contributed by atoms with Gasteiger partial charge in [0.05, 0.1) is 17.1 Å². The van der Waals surface area contributed by atoms with Crippen LogP contribution in [0.1, 0.15) is 19.8 Å². The second kappa shape index (κ2) is 4.25. The number of rotatable bonds is 3. The monoisotopic (exact) mass is 241 g/mol. The zero-order valence-electron chi connectivity index (χ0n) is 8.81. The van der Waals surface area contributed by atoms with E-state index in [1.54, 1.807) is 0 Å². The molecule has 1 aromatic rings. The van der Waals surface area contributed by atoms with Gasteiger partial charge in [-0.1, -0.05) is 18.5 Å². The van der Waals surface area contributed by atoms with E-state index in [1.165, 1.54) is 12.1 Å². The van der Waals surface area contributed by atoms with E-state index in [1.807, 2.05) is 0 Å². The van der Waals surface area contributed by atoms with Crippen molar-refractivity contribution in [1.29, 1.82) is 0 Å². The molecule has 0 radical (unpaired) electrons. The lowest BCUT2D eigenvalue weighted by atomic mass is 9.82. The summed E-state index contributed by atoms with van der Waals surface area (Å²) in [6.45, 7) is 2.17. The molecular weight excluding hydrogens is 230 g/mol. The van der Waals surface area contributed by atoms with Crippen LogP contribution in [0.2, 0.25) is 5.15 Å². The molecule has 1 fully saturated rings. The second-order valence-electron chi connectivity index (χ2n) is 4.21. The normalized spacial score (nSPS) is 23.6. The van der Waals surface area contributed by atoms with Gasteiger partial charge >= 0.3 is 0 Å². The highest BCUT2D eigenvalue weighted by atomic mass is 35.5. The maximum Gasteiger partial charge on any atom is 0.276 e. The molecule has 0 bridgehead atoms. The highest BCUT2D eigenvalue weighted by Gasteiger charge is 2.25. The molecule has 1 N–H and O–H groups in total. The van der Waals surface area contributed by atoms with Crippen molar-refractivity contribution >= 4 is 23.1 Å². The third kappa shape index (κ3) is 2.41. The first-order chi connectivity index (χ1) is 7.54. The van der Waals surface area contributed by atoms with Gasteiger partial charge < -0.3 is 5.32 Å². The minimum Gasteiger partial charge on any atom is -0.367 e. The van der Waals surface area contributed by atoms with Gasteiger partial charge in [-0.25, -0.2) is 4.98 Å². The summed E-state index contributed by atoms with van der Waals surface area (Å²) in [5.74, 6) is 1.20. The number of anilines is 1. The van der Waals surface area contributed by atoms with E-state index in [2.05, 4.69) is 17.2 Å². The summed E-state index contributed by atoms with van der Waals surface area (Å²) in [5.41, 5.74) is -0.0325. The molecule has 0 saturated heterocycles. The zero-order chi connectivity index (χ0) is 11.7. The fourth-order valence-electron chi connectivity index (χ4n) is 1.89. The molecule has 86 valence electrons. The Morgan fingerprint density at radius 2 is 2.25 bits per heavy atom. The first-order valence-corrected chi connectivity index (χ1v) is 5.51. The van der Waals surface area contributed by atoms with Gasteiger partial charge in [0.25, 0.3) is 5.69 Å². The first-order valence-electron chi connectivity index (χ1n) is 5.13. The van der Waals surface area contributed by atoms with Crippen LogP contribution < -0.4 is 5.32 Å². The Labute approximate surface area is 98.0 Å². The molecule has 1 heterocycles. The Morgan fingerprint density at radius 3 is 2.81 bits per heavy atom. The molecule has 6 heteroatoms. The molecule has 1 aliphatic rings. The summed E-state index contributed by atoms with van der Waals surface area (Å²) < 4.78 is 0. The van der Waals surface area contributed by atoms with Gasteiger partial charge in [-0.15, -0.1) is 0 Å². The molecule has 0 unspecified atom stereocenters. The van der Waals surface area contributed by atoms with Crippen LogP contribution in [0.5, 0.6) is 0 Å². The smallest absolute Gasteiger partial charge is 0.276 e. The molecule has 0 atom stereocenters. The molecule has 1 saturated carbocycles. The molecule has 0 aliphatic heterocycles. The molecule has 0 spiro atoms. The number of hydrogen-bond acceptors (Lipinski definition) is 4. The van der Waals surface area contributed by atoms with Crippen molar-refractivity contribution in [1.82, 2.24) is 4.98 Å². The molecule has 1 aromatic heterocycles. The van der Waals surface area contributed by atoms with E-state index < -0.39 is 4.92 Å². The van der Waals surface area contributed by atoms with Gasteiger partial charge in [-0.2, -0.15) is 0 Å². The van der Waals surface area contributed by atoms with E-state index in [9.17, 15) is 10.1 Å². The van der Waals surface area contributed by atoms with Crippen LogP contribution in [-0.2, 0) is 0 Å². The number of hydrogen-bond donors (Lipinski definition) is 1. The molecule has 1 aliphatic carbocycles. The average Bonchev–Trinajstić information content (AvgIpc) is 2.14. The van der Waals surface area contributed by atoms with Gasteiger partial charge in [-0.3, -0.25) is 10.1 Å². The summed E-state index contributed by atoms with van der Waals surface area (Å²) in [4.78, 5) is 14.2. The quantitative estimate of drug-likeness (QED) is 0.502. The number of pyridine rings is 1. The SMILES string of the molecule is CC1CC(Nc2cc([N+](=O)[O-])cc(Cl)n2)C1. The molecular formula is C10H12ClN3O2. The Balaban J connectivity index is 2.11. The van der Waals surface area contributed by atoms with Crippen LogP contribution in [0.3, 0.4) is 0 Å². The van der Waals surface area contributed by atoms with E-state index in [4.69, 9.17) is 11.6 Å². The van der Waals surface area contributed by atoms with Crippen LogP contribution in [0.4, 0.5) is 11.5 Å². The average molecular weight is 242 g/mol. The van der Waals surface area contributed by atoms with Gasteiger partial charge in [0.1, 0.15) is 11.0 Å². The summed E-state index contributed by atoms with van der Waals surface area (Å²) in [5, 5.41) is 13.9. The van der Waals surface area contributed by atoms with E-state index in [-0.39, 0.29) is 10.8 Å². The maximum absolute atomic E-state index is 10.6. The number of nitro groups is 1. The lowest BCUT2D eigenvalue weighted by Crippen LogP contribution is -2.34. The number of nitrogens with one attached hydrogen (secondary N) is 1. The Morgan fingerprint density at radius 1 is 1.56 bits per heavy atom. The van der Waals surface area contributed by atoms with Gasteiger partial charge in [0.2, 0.25) is 0 Å². The third-order valence-electron chi connectivity index (χ3n) is 2.72. The topological polar surface area (TPSA) is 68.1 Å². The standard InChI is InChI=1S/C10H12ClN3O2/c1-6-2-7(3-6)12-10-5-8(14(15)16)4-9(11)13-10/h4-7H,2-3H2,1H3,(H,12,13). The van der Waals surface area contributed by atoms with Crippen molar-refractivity contribution in [3.8, 4) is 0 Å². The Kier molecular flexibility index (Phi) is 2.96. The molecule has 5 nitrogen and oxygen atoms in total. The van der Waals surface area contributed by atoms with Crippen molar-refractivity contribution in [3.05, 3.63) is 27.4 Å². The second-order valence-corrected chi connectivity index (χ2v) is 4.60. The third-order valence-corrected chi connectivity index (χ3v) is 2.91. The van der Waals surface area contributed by atoms with Crippen molar-refractivity contribution < 1.29 is 4.92 Å². The lowest BCUT2D eigenvalue weighted by molar-refractivity contribution is -0.384. The Hall–Kier alpha value is -1.36. The minimum absolute atomic E-state index is 0.0325. The largest absolute Gasteiger partial charge is 0.367 e. The van der Waals surface area contributed by atoms with Crippen LogP contribution in [0, 0.1) is 16.0 Å². The summed E-state index contributed by atoms with van der Waals surface area (Å²) in [6.07, 6.45) is 2.14. The van der Waals surface area contributed by atoms with Crippen LogP contribution in [0.15, 0.2) is 12.1 Å². The minimum atomic E-state index is -0.470. The van der Waals surface area contributed by atoms with E-state index in [0.717, 1.165) is 12.8 Å². The predicted molar refractivity (Wildman–Crippen MR) is 61.7 cm³/mol.